The lowest BCUT2D eigenvalue weighted by Crippen LogP contribution is -2.20. The van der Waals surface area contributed by atoms with Crippen LogP contribution < -0.4 is 10.1 Å². The second-order valence-electron chi connectivity index (χ2n) is 6.13. The van der Waals surface area contributed by atoms with Gasteiger partial charge in [0, 0.05) is 11.4 Å². The van der Waals surface area contributed by atoms with Crippen molar-refractivity contribution in [2.24, 2.45) is 0 Å². The van der Waals surface area contributed by atoms with Gasteiger partial charge in [0.05, 0.1) is 12.6 Å². The van der Waals surface area contributed by atoms with Gasteiger partial charge in [-0.2, -0.15) is 0 Å². The van der Waals surface area contributed by atoms with Crippen LogP contribution in [0.25, 0.3) is 10.9 Å². The van der Waals surface area contributed by atoms with Gasteiger partial charge in [-0.05, 0) is 55.2 Å². The third-order valence-electron chi connectivity index (χ3n) is 4.48. The zero-order chi connectivity index (χ0) is 19.8. The van der Waals surface area contributed by atoms with Crippen LogP contribution in [0.3, 0.4) is 0 Å². The molecule has 0 aliphatic heterocycles. The van der Waals surface area contributed by atoms with Crippen molar-refractivity contribution in [2.75, 3.05) is 12.4 Å². The monoisotopic (exact) mass is 365 g/mol. The fourth-order valence-electron chi connectivity index (χ4n) is 3.30. The molecule has 0 radical (unpaired) electrons. The number of nitrogens with one attached hydrogen (secondary N) is 1. The van der Waals surface area contributed by atoms with Crippen molar-refractivity contribution in [1.82, 2.24) is 9.97 Å². The molecule has 0 saturated carbocycles. The predicted molar refractivity (Wildman–Crippen MR) is 115 cm³/mol. The topological polar surface area (TPSA) is 47.0 Å². The number of rotatable bonds is 3. The number of benzene rings is 2. The second-order valence-corrected chi connectivity index (χ2v) is 6.13. The van der Waals surface area contributed by atoms with Crippen molar-refractivity contribution >= 4 is 16.7 Å². The van der Waals surface area contributed by atoms with Crippen LogP contribution in [0.5, 0.6) is 5.75 Å². The normalized spacial score (nSPS) is 14.4. The van der Waals surface area contributed by atoms with E-state index in [1.165, 1.54) is 16.7 Å². The number of anilines is 1. The number of hydrogen-bond donors (Lipinski definition) is 1. The first-order chi connectivity index (χ1) is 13.2. The van der Waals surface area contributed by atoms with Crippen molar-refractivity contribution in [3.63, 3.8) is 0 Å². The molecule has 0 fully saturated rings. The van der Waals surface area contributed by atoms with Crippen LogP contribution in [-0.4, -0.2) is 23.1 Å². The average molecular weight is 366 g/mol. The third-order valence-corrected chi connectivity index (χ3v) is 4.48. The number of aryl methyl sites for hydroxylation is 1. The Balaban J connectivity index is 0.000000614. The summed E-state index contributed by atoms with van der Waals surface area (Å²) in [7, 11) is 1.71. The number of fused-ring (bicyclic) bond motifs is 2. The van der Waals surface area contributed by atoms with Crippen molar-refractivity contribution in [3.05, 3.63) is 59.4 Å². The van der Waals surface area contributed by atoms with Gasteiger partial charge in [-0.25, -0.2) is 9.97 Å². The van der Waals surface area contributed by atoms with Crippen molar-refractivity contribution in [2.45, 2.75) is 53.5 Å². The zero-order valence-corrected chi connectivity index (χ0v) is 17.3. The summed E-state index contributed by atoms with van der Waals surface area (Å²) in [6.45, 7) is 10.1. The Kier molecular flexibility index (Phi) is 7.59. The van der Waals surface area contributed by atoms with E-state index in [2.05, 4.69) is 46.5 Å². The molecule has 1 heterocycles. The van der Waals surface area contributed by atoms with Crippen LogP contribution in [0.1, 0.15) is 44.4 Å². The molecule has 2 aromatic carbocycles. The summed E-state index contributed by atoms with van der Waals surface area (Å²) < 4.78 is 5.32. The van der Waals surface area contributed by atoms with Gasteiger partial charge >= 0.3 is 0 Å². The molecule has 1 aliphatic rings. The molecule has 1 unspecified atom stereocenters. The molecule has 4 rings (SSSR count). The molecule has 27 heavy (non-hydrogen) atoms. The summed E-state index contributed by atoms with van der Waals surface area (Å²) in [6, 6.07) is 13.0. The first kappa shape index (κ1) is 20.7. The Hall–Kier alpha value is -2.62. The van der Waals surface area contributed by atoms with E-state index in [4.69, 9.17) is 4.74 Å². The van der Waals surface area contributed by atoms with E-state index in [-0.39, 0.29) is 0 Å². The highest BCUT2D eigenvalue weighted by Gasteiger charge is 2.22. The molecule has 144 valence electrons. The Bertz CT molecular complexity index is 877. The largest absolute Gasteiger partial charge is 0.497 e. The second kappa shape index (κ2) is 9.91. The Morgan fingerprint density at radius 3 is 2.41 bits per heavy atom. The molecule has 0 amide bonds. The van der Waals surface area contributed by atoms with Gasteiger partial charge in [0.2, 0.25) is 0 Å². The maximum Gasteiger partial charge on any atom is 0.137 e. The number of nitrogens with zero attached hydrogens (tertiary/aromatic N) is 2. The molecule has 1 aromatic heterocycles. The fourth-order valence-corrected chi connectivity index (χ4v) is 3.30. The van der Waals surface area contributed by atoms with Gasteiger partial charge in [0.1, 0.15) is 17.9 Å². The standard InChI is InChI=1S/C19H19N3O.2C2H6/c1-12-3-6-18-17(7-12)19(21-11-20-18)22-15-8-13-4-5-16(23-2)10-14(13)9-15;2*1-2/h3-7,10-11,15H,8-9H2,1-2H3,(H,20,21,22);2*1-2H3. The highest BCUT2D eigenvalue weighted by Crippen LogP contribution is 2.29. The Labute approximate surface area is 163 Å². The fraction of sp³-hybridized carbons (Fsp3) is 0.391. The number of aromatic nitrogens is 2. The maximum absolute atomic E-state index is 5.32. The van der Waals surface area contributed by atoms with Crippen LogP contribution in [0.2, 0.25) is 0 Å². The average Bonchev–Trinajstić information content (AvgIpc) is 3.13. The van der Waals surface area contributed by atoms with Crippen molar-refractivity contribution in [1.29, 1.82) is 0 Å². The van der Waals surface area contributed by atoms with E-state index in [0.717, 1.165) is 35.3 Å². The van der Waals surface area contributed by atoms with Gasteiger partial charge in [-0.3, -0.25) is 0 Å². The summed E-state index contributed by atoms with van der Waals surface area (Å²) in [5.41, 5.74) is 4.94. The molecular weight excluding hydrogens is 334 g/mol. The molecule has 1 aliphatic carbocycles. The van der Waals surface area contributed by atoms with Gasteiger partial charge in [-0.1, -0.05) is 45.4 Å². The zero-order valence-electron chi connectivity index (χ0n) is 17.3. The van der Waals surface area contributed by atoms with E-state index in [0.29, 0.717) is 6.04 Å². The number of methoxy groups -OCH3 is 1. The lowest BCUT2D eigenvalue weighted by atomic mass is 10.1. The summed E-state index contributed by atoms with van der Waals surface area (Å²) in [6.07, 6.45) is 3.63. The number of hydrogen-bond acceptors (Lipinski definition) is 4. The summed E-state index contributed by atoms with van der Waals surface area (Å²) >= 11 is 0. The first-order valence-corrected chi connectivity index (χ1v) is 9.86. The van der Waals surface area contributed by atoms with Crippen LogP contribution in [-0.2, 0) is 12.8 Å². The quantitative estimate of drug-likeness (QED) is 0.658. The van der Waals surface area contributed by atoms with E-state index < -0.39 is 0 Å². The lowest BCUT2D eigenvalue weighted by Gasteiger charge is -2.14. The van der Waals surface area contributed by atoms with E-state index in [9.17, 15) is 0 Å². The minimum Gasteiger partial charge on any atom is -0.497 e. The molecule has 1 N–H and O–H groups in total. The van der Waals surface area contributed by atoms with Gasteiger partial charge in [0.15, 0.2) is 0 Å². The Morgan fingerprint density at radius 1 is 0.926 bits per heavy atom. The lowest BCUT2D eigenvalue weighted by molar-refractivity contribution is 0.414. The third kappa shape index (κ3) is 4.76. The minimum atomic E-state index is 0.357. The van der Waals surface area contributed by atoms with Gasteiger partial charge < -0.3 is 10.1 Å². The van der Waals surface area contributed by atoms with Gasteiger partial charge in [-0.15, -0.1) is 0 Å². The molecule has 0 saturated heterocycles. The Morgan fingerprint density at radius 2 is 1.67 bits per heavy atom. The summed E-state index contributed by atoms with van der Waals surface area (Å²) in [4.78, 5) is 8.81. The smallest absolute Gasteiger partial charge is 0.137 e. The van der Waals surface area contributed by atoms with E-state index in [1.807, 2.05) is 39.8 Å². The maximum atomic E-state index is 5.32. The molecule has 3 aromatic rings. The van der Waals surface area contributed by atoms with Crippen LogP contribution in [0.4, 0.5) is 5.82 Å². The van der Waals surface area contributed by atoms with Crippen LogP contribution in [0, 0.1) is 6.92 Å². The predicted octanol–water partition coefficient (Wildman–Crippen LogP) is 5.58. The highest BCUT2D eigenvalue weighted by atomic mass is 16.5. The van der Waals surface area contributed by atoms with Crippen molar-refractivity contribution < 1.29 is 4.74 Å². The van der Waals surface area contributed by atoms with Gasteiger partial charge in [0.25, 0.3) is 0 Å². The summed E-state index contributed by atoms with van der Waals surface area (Å²) in [5.74, 6) is 1.84. The van der Waals surface area contributed by atoms with E-state index in [1.54, 1.807) is 13.4 Å². The highest BCUT2D eigenvalue weighted by molar-refractivity contribution is 5.89. The van der Waals surface area contributed by atoms with E-state index >= 15 is 0 Å². The van der Waals surface area contributed by atoms with Crippen molar-refractivity contribution in [3.8, 4) is 5.75 Å². The first-order valence-electron chi connectivity index (χ1n) is 9.86. The molecule has 0 spiro atoms. The molecular formula is C23H31N3O. The molecule has 4 heteroatoms. The number of ether oxygens (including phenoxy) is 1. The van der Waals surface area contributed by atoms with Crippen LogP contribution >= 0.6 is 0 Å². The molecule has 4 nitrogen and oxygen atoms in total. The molecule has 0 bridgehead atoms. The minimum absolute atomic E-state index is 0.357. The summed E-state index contributed by atoms with van der Waals surface area (Å²) in [5, 5.41) is 4.69. The van der Waals surface area contributed by atoms with Crippen LogP contribution in [0.15, 0.2) is 42.7 Å². The SMILES string of the molecule is CC.CC.COc1ccc2c(c1)CC(Nc1ncnc3ccc(C)cc13)C2. The molecule has 1 atom stereocenters.